The normalized spacial score (nSPS) is 9.00. The zero-order chi connectivity index (χ0) is 12.1. The van der Waals surface area contributed by atoms with E-state index in [2.05, 4.69) is 6.58 Å². The predicted octanol–water partition coefficient (Wildman–Crippen LogP) is 0.679. The van der Waals surface area contributed by atoms with Crippen LogP contribution >= 0.6 is 0 Å². The molecule has 0 spiro atoms. The fraction of sp³-hybridized carbons (Fsp3) is 0.700. The molecule has 90 valence electrons. The van der Waals surface area contributed by atoms with E-state index in [9.17, 15) is 4.79 Å². The van der Waals surface area contributed by atoms with Gasteiger partial charge >= 0.3 is 5.97 Å². The van der Waals surface area contributed by atoms with Gasteiger partial charge in [0.1, 0.15) is 0 Å². The molecule has 0 fully saturated rings. The number of rotatable bonds is 7. The van der Waals surface area contributed by atoms with E-state index >= 15 is 0 Å². The van der Waals surface area contributed by atoms with Crippen LogP contribution in [0.1, 0.15) is 13.8 Å². The molecule has 5 heteroatoms. The minimum Gasteiger partial charge on any atom is -0.478 e. The lowest BCUT2D eigenvalue weighted by Crippen LogP contribution is -2.06. The van der Waals surface area contributed by atoms with Crippen molar-refractivity contribution in [2.24, 2.45) is 0 Å². The van der Waals surface area contributed by atoms with Crippen molar-refractivity contribution in [3.05, 3.63) is 12.2 Å². The summed E-state index contributed by atoms with van der Waals surface area (Å²) >= 11 is 0. The summed E-state index contributed by atoms with van der Waals surface area (Å²) < 4.78 is 9.88. The standard InChI is InChI=1S/C6H14O3.C4H6O2/c1-2-8-5-6-9-4-3-7;1-3(2)4(5)6/h7H,2-6H2,1H3;1H2,2H3,(H,5,6). The van der Waals surface area contributed by atoms with Gasteiger partial charge in [-0.25, -0.2) is 4.79 Å². The van der Waals surface area contributed by atoms with E-state index in [1.165, 1.54) is 6.92 Å². The molecule has 0 atom stereocenters. The van der Waals surface area contributed by atoms with E-state index in [0.29, 0.717) is 19.8 Å². The number of carbonyl (C=O) groups is 1. The molecule has 0 unspecified atom stereocenters. The summed E-state index contributed by atoms with van der Waals surface area (Å²) in [6, 6.07) is 0. The lowest BCUT2D eigenvalue weighted by Gasteiger charge is -2.00. The third-order valence-corrected chi connectivity index (χ3v) is 1.18. The summed E-state index contributed by atoms with van der Waals surface area (Å²) in [5.41, 5.74) is 0.176. The van der Waals surface area contributed by atoms with E-state index < -0.39 is 5.97 Å². The van der Waals surface area contributed by atoms with Crippen LogP contribution in [0.5, 0.6) is 0 Å². The van der Waals surface area contributed by atoms with Crippen LogP contribution in [0.3, 0.4) is 0 Å². The molecule has 0 rings (SSSR count). The smallest absolute Gasteiger partial charge is 0.330 e. The zero-order valence-electron chi connectivity index (χ0n) is 9.36. The van der Waals surface area contributed by atoms with Gasteiger partial charge in [-0.2, -0.15) is 0 Å². The third kappa shape index (κ3) is 19.5. The van der Waals surface area contributed by atoms with Crippen LogP contribution in [0.4, 0.5) is 0 Å². The molecule has 0 aliphatic rings. The highest BCUT2D eigenvalue weighted by Gasteiger charge is 1.90. The second kappa shape index (κ2) is 13.1. The molecular weight excluding hydrogens is 200 g/mol. The molecule has 0 heterocycles. The van der Waals surface area contributed by atoms with Gasteiger partial charge < -0.3 is 19.7 Å². The van der Waals surface area contributed by atoms with Gasteiger partial charge in [0.25, 0.3) is 0 Å². The maximum atomic E-state index is 9.60. The van der Waals surface area contributed by atoms with Crippen molar-refractivity contribution in [2.45, 2.75) is 13.8 Å². The zero-order valence-corrected chi connectivity index (χ0v) is 9.36. The van der Waals surface area contributed by atoms with E-state index in [1.54, 1.807) is 0 Å². The summed E-state index contributed by atoms with van der Waals surface area (Å²) in [6.45, 7) is 8.96. The molecule has 0 aromatic rings. The molecule has 0 saturated carbocycles. The second-order valence-electron chi connectivity index (χ2n) is 2.62. The van der Waals surface area contributed by atoms with Gasteiger partial charge in [-0.15, -0.1) is 0 Å². The quantitative estimate of drug-likeness (QED) is 0.487. The summed E-state index contributed by atoms with van der Waals surface area (Å²) in [5.74, 6) is -0.935. The van der Waals surface area contributed by atoms with Crippen molar-refractivity contribution in [2.75, 3.05) is 33.0 Å². The van der Waals surface area contributed by atoms with Crippen LogP contribution in [-0.4, -0.2) is 49.2 Å². The first kappa shape index (κ1) is 16.5. The Balaban J connectivity index is 0. The largest absolute Gasteiger partial charge is 0.478 e. The average molecular weight is 220 g/mol. The summed E-state index contributed by atoms with van der Waals surface area (Å²) in [5, 5.41) is 16.1. The number of aliphatic hydroxyl groups excluding tert-OH is 1. The van der Waals surface area contributed by atoms with E-state index in [0.717, 1.165) is 6.61 Å². The number of aliphatic hydroxyl groups is 1. The fourth-order valence-electron chi connectivity index (χ4n) is 0.429. The number of hydrogen-bond acceptors (Lipinski definition) is 4. The molecular formula is C10H20O5. The topological polar surface area (TPSA) is 76.0 Å². The SMILES string of the molecule is C=C(C)C(=O)O.CCOCCOCCO. The molecule has 2 N–H and O–H groups in total. The Morgan fingerprint density at radius 1 is 1.27 bits per heavy atom. The highest BCUT2D eigenvalue weighted by atomic mass is 16.5. The Morgan fingerprint density at radius 2 is 1.73 bits per heavy atom. The average Bonchev–Trinajstić information content (AvgIpc) is 2.18. The van der Waals surface area contributed by atoms with Gasteiger partial charge in [0.05, 0.1) is 26.4 Å². The molecule has 15 heavy (non-hydrogen) atoms. The molecule has 0 bridgehead atoms. The number of carboxylic acid groups (broad SMARTS) is 1. The van der Waals surface area contributed by atoms with Crippen molar-refractivity contribution in [1.29, 1.82) is 0 Å². The van der Waals surface area contributed by atoms with Crippen LogP contribution in [0.25, 0.3) is 0 Å². The predicted molar refractivity (Wildman–Crippen MR) is 56.8 cm³/mol. The van der Waals surface area contributed by atoms with Crippen LogP contribution in [0, 0.1) is 0 Å². The Kier molecular flexibility index (Phi) is 14.4. The third-order valence-electron chi connectivity index (χ3n) is 1.18. The molecule has 0 aromatic carbocycles. The first-order valence-electron chi connectivity index (χ1n) is 4.71. The maximum Gasteiger partial charge on any atom is 0.330 e. The van der Waals surface area contributed by atoms with Crippen LogP contribution < -0.4 is 0 Å². The summed E-state index contributed by atoms with van der Waals surface area (Å²) in [7, 11) is 0. The van der Waals surface area contributed by atoms with Crippen LogP contribution in [0.2, 0.25) is 0 Å². The number of ether oxygens (including phenoxy) is 2. The lowest BCUT2D eigenvalue weighted by atomic mass is 10.4. The van der Waals surface area contributed by atoms with Crippen LogP contribution in [-0.2, 0) is 14.3 Å². The van der Waals surface area contributed by atoms with Crippen molar-refractivity contribution < 1.29 is 24.5 Å². The summed E-state index contributed by atoms with van der Waals surface area (Å²) in [4.78, 5) is 9.60. The van der Waals surface area contributed by atoms with E-state index in [1.807, 2.05) is 6.92 Å². The minimum absolute atomic E-state index is 0.0894. The summed E-state index contributed by atoms with van der Waals surface area (Å²) in [6.07, 6.45) is 0. The monoisotopic (exact) mass is 220 g/mol. The van der Waals surface area contributed by atoms with Crippen molar-refractivity contribution >= 4 is 5.97 Å². The molecule has 0 amide bonds. The Labute approximate surface area is 90.3 Å². The van der Waals surface area contributed by atoms with Crippen molar-refractivity contribution in [1.82, 2.24) is 0 Å². The molecule has 0 saturated heterocycles. The number of carboxylic acids is 1. The molecule has 0 aliphatic heterocycles. The van der Waals surface area contributed by atoms with Gasteiger partial charge in [0.2, 0.25) is 0 Å². The van der Waals surface area contributed by atoms with Gasteiger partial charge in [-0.3, -0.25) is 0 Å². The van der Waals surface area contributed by atoms with Gasteiger partial charge in [0.15, 0.2) is 0 Å². The van der Waals surface area contributed by atoms with Gasteiger partial charge in [-0.1, -0.05) is 6.58 Å². The molecule has 0 radical (unpaired) electrons. The minimum atomic E-state index is -0.935. The Morgan fingerprint density at radius 3 is 2.07 bits per heavy atom. The van der Waals surface area contributed by atoms with Gasteiger partial charge in [-0.05, 0) is 13.8 Å². The van der Waals surface area contributed by atoms with Crippen molar-refractivity contribution in [3.8, 4) is 0 Å². The van der Waals surface area contributed by atoms with E-state index in [-0.39, 0.29) is 12.2 Å². The number of hydrogen-bond donors (Lipinski definition) is 2. The molecule has 0 aromatic heterocycles. The van der Waals surface area contributed by atoms with E-state index in [4.69, 9.17) is 19.7 Å². The lowest BCUT2D eigenvalue weighted by molar-refractivity contribution is -0.132. The fourth-order valence-corrected chi connectivity index (χ4v) is 0.429. The molecule has 5 nitrogen and oxygen atoms in total. The molecule has 0 aliphatic carbocycles. The highest BCUT2D eigenvalue weighted by Crippen LogP contribution is 1.81. The Bertz CT molecular complexity index is 149. The van der Waals surface area contributed by atoms with Crippen LogP contribution in [0.15, 0.2) is 12.2 Å². The second-order valence-corrected chi connectivity index (χ2v) is 2.62. The first-order chi connectivity index (χ1) is 7.06. The number of aliphatic carboxylic acids is 1. The maximum absolute atomic E-state index is 9.60. The highest BCUT2D eigenvalue weighted by molar-refractivity contribution is 5.84. The Hall–Kier alpha value is -0.910. The van der Waals surface area contributed by atoms with Gasteiger partial charge in [0, 0.05) is 12.2 Å². The first-order valence-corrected chi connectivity index (χ1v) is 4.71. The van der Waals surface area contributed by atoms with Crippen molar-refractivity contribution in [3.63, 3.8) is 0 Å².